The van der Waals surface area contributed by atoms with Gasteiger partial charge in [0.15, 0.2) is 0 Å². The fourth-order valence-electron chi connectivity index (χ4n) is 3.68. The Bertz CT molecular complexity index is 746. The summed E-state index contributed by atoms with van der Waals surface area (Å²) in [4.78, 5) is 38.4. The van der Waals surface area contributed by atoms with Gasteiger partial charge in [-0.15, -0.1) is 0 Å². The van der Waals surface area contributed by atoms with Crippen molar-refractivity contribution >= 4 is 18.2 Å². The summed E-state index contributed by atoms with van der Waals surface area (Å²) in [5, 5.41) is 12.2. The van der Waals surface area contributed by atoms with Crippen LogP contribution in [0.1, 0.15) is 58.9 Å². The number of nitrogens with one attached hydrogen (secondary N) is 1. The number of carboxylic acids is 1. The van der Waals surface area contributed by atoms with Crippen molar-refractivity contribution in [2.45, 2.75) is 77.2 Å². The second-order valence-electron chi connectivity index (χ2n) is 8.86. The van der Waals surface area contributed by atoms with Crippen molar-refractivity contribution < 1.29 is 29.0 Å². The maximum Gasteiger partial charge on any atom is 0.410 e. The van der Waals surface area contributed by atoms with Gasteiger partial charge in [-0.1, -0.05) is 30.3 Å². The molecule has 2 rings (SSSR count). The number of piperidine rings is 1. The van der Waals surface area contributed by atoms with Crippen molar-refractivity contribution in [1.82, 2.24) is 10.2 Å². The van der Waals surface area contributed by atoms with Crippen LogP contribution in [-0.2, 0) is 20.9 Å². The molecule has 1 aliphatic rings. The lowest BCUT2D eigenvalue weighted by molar-refractivity contribution is -0.139. The number of likely N-dealkylation sites (tertiary alicyclic amines) is 1. The number of rotatable bonds is 6. The molecule has 2 N–H and O–H groups in total. The van der Waals surface area contributed by atoms with E-state index >= 15 is 0 Å². The molecular weight excluding hydrogens is 388 g/mol. The highest BCUT2D eigenvalue weighted by molar-refractivity contribution is 5.74. The Balaban J connectivity index is 2.16. The van der Waals surface area contributed by atoms with Crippen LogP contribution in [0.2, 0.25) is 0 Å². The van der Waals surface area contributed by atoms with E-state index < -0.39 is 35.3 Å². The zero-order chi connectivity index (χ0) is 22.4. The van der Waals surface area contributed by atoms with Gasteiger partial charge in [0.1, 0.15) is 12.2 Å². The van der Waals surface area contributed by atoms with Gasteiger partial charge in [0.2, 0.25) is 0 Å². The molecule has 1 saturated heterocycles. The molecule has 8 heteroatoms. The molecule has 1 heterocycles. The van der Waals surface area contributed by atoms with Crippen LogP contribution < -0.4 is 5.32 Å². The quantitative estimate of drug-likeness (QED) is 0.722. The van der Waals surface area contributed by atoms with Gasteiger partial charge in [-0.2, -0.15) is 0 Å². The third kappa shape index (κ3) is 6.93. The van der Waals surface area contributed by atoms with Gasteiger partial charge in [0.05, 0.1) is 18.0 Å². The first-order chi connectivity index (χ1) is 14.0. The summed E-state index contributed by atoms with van der Waals surface area (Å²) in [6.45, 7) is 7.47. The summed E-state index contributed by atoms with van der Waals surface area (Å²) < 4.78 is 10.8. The van der Waals surface area contributed by atoms with E-state index in [-0.39, 0.29) is 13.0 Å². The summed E-state index contributed by atoms with van der Waals surface area (Å²) in [6.07, 6.45) is 0.581. The van der Waals surface area contributed by atoms with Crippen LogP contribution in [0.4, 0.5) is 9.59 Å². The summed E-state index contributed by atoms with van der Waals surface area (Å²) >= 11 is 0. The largest absolute Gasteiger partial charge is 0.481 e. The Morgan fingerprint density at radius 1 is 1.13 bits per heavy atom. The number of aliphatic carboxylic acids is 1. The topological polar surface area (TPSA) is 105 Å². The molecule has 166 valence electrons. The van der Waals surface area contributed by atoms with Crippen molar-refractivity contribution in [2.24, 2.45) is 0 Å². The number of hydrogen-bond donors (Lipinski definition) is 2. The van der Waals surface area contributed by atoms with Crippen LogP contribution in [0.15, 0.2) is 30.3 Å². The van der Waals surface area contributed by atoms with Crippen molar-refractivity contribution in [1.29, 1.82) is 0 Å². The Morgan fingerprint density at radius 2 is 1.80 bits per heavy atom. The lowest BCUT2D eigenvalue weighted by Crippen LogP contribution is -2.64. The van der Waals surface area contributed by atoms with Crippen LogP contribution in [0.3, 0.4) is 0 Å². The standard InChI is InChI=1S/C22H32N2O6/c1-21(2,3)30-20(28)24-13-9-8-12-17(24)22(4,14-18(25)26)23-19(27)29-15-16-10-6-5-7-11-16/h5-7,10-11,17H,8-9,12-15H2,1-4H3,(H,23,27)(H,25,26). The van der Waals surface area contributed by atoms with Crippen molar-refractivity contribution in [3.8, 4) is 0 Å². The van der Waals surface area contributed by atoms with E-state index in [2.05, 4.69) is 5.32 Å². The van der Waals surface area contributed by atoms with Crippen LogP contribution in [0, 0.1) is 0 Å². The average Bonchev–Trinajstić information content (AvgIpc) is 2.65. The van der Waals surface area contributed by atoms with E-state index in [1.165, 1.54) is 4.90 Å². The molecule has 0 bridgehead atoms. The number of carboxylic acid groups (broad SMARTS) is 1. The number of carbonyl (C=O) groups excluding carboxylic acids is 2. The van der Waals surface area contributed by atoms with Gasteiger partial charge in [0.25, 0.3) is 0 Å². The van der Waals surface area contributed by atoms with E-state index in [1.807, 2.05) is 30.3 Å². The SMILES string of the molecule is CC(C)(C)OC(=O)N1CCCCC1C(C)(CC(=O)O)NC(=O)OCc1ccccc1. The van der Waals surface area contributed by atoms with Crippen LogP contribution in [-0.4, -0.2) is 51.9 Å². The first-order valence-corrected chi connectivity index (χ1v) is 10.2. The first kappa shape index (κ1) is 23.5. The molecule has 0 aliphatic carbocycles. The molecule has 2 unspecified atom stereocenters. The van der Waals surface area contributed by atoms with Gasteiger partial charge in [0, 0.05) is 6.54 Å². The summed E-state index contributed by atoms with van der Waals surface area (Å²) in [5.41, 5.74) is -1.07. The second kappa shape index (κ2) is 9.82. The zero-order valence-electron chi connectivity index (χ0n) is 18.1. The van der Waals surface area contributed by atoms with Crippen LogP contribution in [0.25, 0.3) is 0 Å². The molecule has 2 atom stereocenters. The summed E-state index contributed by atoms with van der Waals surface area (Å²) in [5.74, 6) is -1.07. The Morgan fingerprint density at radius 3 is 2.40 bits per heavy atom. The fraction of sp³-hybridized carbons (Fsp3) is 0.591. The molecular formula is C22H32N2O6. The molecule has 1 aromatic rings. The van der Waals surface area contributed by atoms with E-state index in [0.29, 0.717) is 13.0 Å². The maximum absolute atomic E-state index is 12.8. The molecule has 0 radical (unpaired) electrons. The molecule has 0 spiro atoms. The number of ether oxygens (including phenoxy) is 2. The highest BCUT2D eigenvalue weighted by atomic mass is 16.6. The number of amides is 2. The lowest BCUT2D eigenvalue weighted by atomic mass is 9.82. The van der Waals surface area contributed by atoms with E-state index in [4.69, 9.17) is 9.47 Å². The predicted molar refractivity (Wildman–Crippen MR) is 111 cm³/mol. The van der Waals surface area contributed by atoms with E-state index in [0.717, 1.165) is 18.4 Å². The van der Waals surface area contributed by atoms with Gasteiger partial charge >= 0.3 is 18.2 Å². The number of alkyl carbamates (subject to hydrolysis) is 1. The second-order valence-corrected chi connectivity index (χ2v) is 8.86. The number of nitrogens with zero attached hydrogens (tertiary/aromatic N) is 1. The lowest BCUT2D eigenvalue weighted by Gasteiger charge is -2.46. The molecule has 1 aromatic carbocycles. The number of benzene rings is 1. The normalized spacial score (nSPS) is 18.8. The van der Waals surface area contributed by atoms with Crippen molar-refractivity contribution in [3.63, 3.8) is 0 Å². The molecule has 0 aromatic heterocycles. The molecule has 0 saturated carbocycles. The smallest absolute Gasteiger partial charge is 0.410 e. The monoisotopic (exact) mass is 420 g/mol. The minimum atomic E-state index is -1.21. The fourth-order valence-corrected chi connectivity index (χ4v) is 3.68. The van der Waals surface area contributed by atoms with Gasteiger partial charge in [-0.05, 0) is 52.5 Å². The Hall–Kier alpha value is -2.77. The molecule has 30 heavy (non-hydrogen) atoms. The molecule has 8 nitrogen and oxygen atoms in total. The van der Waals surface area contributed by atoms with Gasteiger partial charge in [-0.25, -0.2) is 9.59 Å². The third-order valence-corrected chi connectivity index (χ3v) is 4.99. The highest BCUT2D eigenvalue weighted by Crippen LogP contribution is 2.30. The van der Waals surface area contributed by atoms with Crippen LogP contribution >= 0.6 is 0 Å². The van der Waals surface area contributed by atoms with Gasteiger partial charge in [-0.3, -0.25) is 4.79 Å². The van der Waals surface area contributed by atoms with Crippen molar-refractivity contribution in [3.05, 3.63) is 35.9 Å². The van der Waals surface area contributed by atoms with Gasteiger partial charge < -0.3 is 24.8 Å². The average molecular weight is 421 g/mol. The highest BCUT2D eigenvalue weighted by Gasteiger charge is 2.45. The Kier molecular flexibility index (Phi) is 7.70. The molecule has 2 amide bonds. The molecule has 1 fully saturated rings. The van der Waals surface area contributed by atoms with E-state index in [1.54, 1.807) is 27.7 Å². The van der Waals surface area contributed by atoms with Crippen LogP contribution in [0.5, 0.6) is 0 Å². The number of carbonyl (C=O) groups is 3. The van der Waals surface area contributed by atoms with Crippen molar-refractivity contribution in [2.75, 3.05) is 6.54 Å². The third-order valence-electron chi connectivity index (χ3n) is 4.99. The minimum Gasteiger partial charge on any atom is -0.481 e. The Labute approximate surface area is 177 Å². The summed E-state index contributed by atoms with van der Waals surface area (Å²) in [7, 11) is 0. The number of hydrogen-bond acceptors (Lipinski definition) is 5. The minimum absolute atomic E-state index is 0.0657. The predicted octanol–water partition coefficient (Wildman–Crippen LogP) is 3.94. The first-order valence-electron chi connectivity index (χ1n) is 10.2. The zero-order valence-corrected chi connectivity index (χ0v) is 18.1. The summed E-state index contributed by atoms with van der Waals surface area (Å²) in [6, 6.07) is 8.67. The maximum atomic E-state index is 12.8. The van der Waals surface area contributed by atoms with E-state index in [9.17, 15) is 19.5 Å². The molecule has 1 aliphatic heterocycles.